The fourth-order valence-electron chi connectivity index (χ4n) is 1.95. The van der Waals surface area contributed by atoms with Crippen LogP contribution in [0.3, 0.4) is 0 Å². The molecule has 0 aromatic heterocycles. The highest BCUT2D eigenvalue weighted by Crippen LogP contribution is 2.19. The molecule has 3 nitrogen and oxygen atoms in total. The molecule has 1 unspecified atom stereocenters. The minimum Gasteiger partial charge on any atom is -0.497 e. The van der Waals surface area contributed by atoms with Gasteiger partial charge >= 0.3 is 0 Å². The van der Waals surface area contributed by atoms with Gasteiger partial charge in [0.25, 0.3) is 5.91 Å². The first kappa shape index (κ1) is 15.9. The van der Waals surface area contributed by atoms with E-state index in [2.05, 4.69) is 5.32 Å². The minimum absolute atomic E-state index is 0.439. The average molecular weight is 309 g/mol. The molecule has 0 aliphatic rings. The summed E-state index contributed by atoms with van der Waals surface area (Å²) in [6.07, 6.45) is 0. The lowest BCUT2D eigenvalue weighted by molar-refractivity contribution is 0.0934. The molecule has 2 aromatic carbocycles. The number of ether oxygens (including phenoxy) is 1. The topological polar surface area (TPSA) is 38.3 Å². The van der Waals surface area contributed by atoms with Crippen LogP contribution >= 0.6 is 0 Å². The molecule has 0 saturated heterocycles. The molecule has 0 spiro atoms. The minimum atomic E-state index is -1.66. The van der Waals surface area contributed by atoms with Gasteiger partial charge < -0.3 is 10.1 Å². The molecule has 6 heteroatoms. The second-order valence-electron chi connectivity index (χ2n) is 4.69. The van der Waals surface area contributed by atoms with E-state index in [4.69, 9.17) is 4.74 Å². The smallest absolute Gasteiger partial charge is 0.254 e. The van der Waals surface area contributed by atoms with E-state index in [1.165, 1.54) is 7.11 Å². The van der Waals surface area contributed by atoms with Crippen LogP contribution < -0.4 is 10.1 Å². The zero-order valence-corrected chi connectivity index (χ0v) is 12.0. The number of methoxy groups -OCH3 is 1. The van der Waals surface area contributed by atoms with Crippen molar-refractivity contribution in [1.82, 2.24) is 5.32 Å². The Labute approximate surface area is 125 Å². The lowest BCUT2D eigenvalue weighted by Gasteiger charge is -2.15. The van der Waals surface area contributed by atoms with Crippen LogP contribution in [-0.4, -0.2) is 13.0 Å². The summed E-state index contributed by atoms with van der Waals surface area (Å²) < 4.78 is 44.6. The van der Waals surface area contributed by atoms with Crippen LogP contribution in [0.15, 0.2) is 36.4 Å². The molecular weight excluding hydrogens is 295 g/mol. The van der Waals surface area contributed by atoms with Crippen LogP contribution in [0, 0.1) is 17.5 Å². The van der Waals surface area contributed by atoms with Gasteiger partial charge in [0.15, 0.2) is 17.5 Å². The summed E-state index contributed by atoms with van der Waals surface area (Å²) in [6, 6.07) is 8.10. The maximum atomic E-state index is 13.6. The SMILES string of the molecule is COc1ccc(C(C)NC(=O)c2ccc(F)c(F)c2F)cc1. The fourth-order valence-corrected chi connectivity index (χ4v) is 1.95. The normalized spacial score (nSPS) is 11.9. The lowest BCUT2D eigenvalue weighted by atomic mass is 10.1. The molecule has 22 heavy (non-hydrogen) atoms. The number of amides is 1. The van der Waals surface area contributed by atoms with Crippen LogP contribution in [0.4, 0.5) is 13.2 Å². The van der Waals surface area contributed by atoms with E-state index in [1.54, 1.807) is 31.2 Å². The molecule has 2 aromatic rings. The monoisotopic (exact) mass is 309 g/mol. The summed E-state index contributed by atoms with van der Waals surface area (Å²) >= 11 is 0. The predicted octanol–water partition coefficient (Wildman–Crippen LogP) is 3.60. The van der Waals surface area contributed by atoms with E-state index in [0.717, 1.165) is 11.6 Å². The fraction of sp³-hybridized carbons (Fsp3) is 0.188. The van der Waals surface area contributed by atoms with Gasteiger partial charge in [-0.2, -0.15) is 0 Å². The Morgan fingerprint density at radius 3 is 2.27 bits per heavy atom. The van der Waals surface area contributed by atoms with E-state index in [1.807, 2.05) is 0 Å². The molecule has 1 amide bonds. The maximum Gasteiger partial charge on any atom is 0.254 e. The van der Waals surface area contributed by atoms with Crippen molar-refractivity contribution >= 4 is 5.91 Å². The largest absolute Gasteiger partial charge is 0.497 e. The Hall–Kier alpha value is -2.50. The molecule has 0 bridgehead atoms. The summed E-state index contributed by atoms with van der Waals surface area (Å²) in [5, 5.41) is 2.53. The molecule has 1 N–H and O–H groups in total. The summed E-state index contributed by atoms with van der Waals surface area (Å²) in [5.41, 5.74) is 0.219. The number of nitrogens with one attached hydrogen (secondary N) is 1. The number of carbonyl (C=O) groups is 1. The zero-order valence-electron chi connectivity index (χ0n) is 12.0. The van der Waals surface area contributed by atoms with Crippen molar-refractivity contribution in [2.24, 2.45) is 0 Å². The Bertz CT molecular complexity index is 687. The molecule has 0 saturated carbocycles. The van der Waals surface area contributed by atoms with Crippen molar-refractivity contribution < 1.29 is 22.7 Å². The van der Waals surface area contributed by atoms with E-state index < -0.39 is 35.0 Å². The zero-order chi connectivity index (χ0) is 16.3. The number of hydrogen-bond acceptors (Lipinski definition) is 2. The third-order valence-corrected chi connectivity index (χ3v) is 3.24. The summed E-state index contributed by atoms with van der Waals surface area (Å²) in [4.78, 5) is 12.0. The number of hydrogen-bond donors (Lipinski definition) is 1. The highest BCUT2D eigenvalue weighted by molar-refractivity contribution is 5.94. The molecule has 1 atom stereocenters. The molecule has 116 valence electrons. The Morgan fingerprint density at radius 2 is 1.68 bits per heavy atom. The first-order chi connectivity index (χ1) is 10.4. The second-order valence-corrected chi connectivity index (χ2v) is 4.69. The summed E-state index contributed by atoms with van der Waals surface area (Å²) in [5.74, 6) is -4.66. The standard InChI is InChI=1S/C16H14F3NO2/c1-9(10-3-5-11(22-2)6-4-10)20-16(21)12-7-8-13(17)15(19)14(12)18/h3-9H,1-2H3,(H,20,21). The Kier molecular flexibility index (Phi) is 4.70. The van der Waals surface area contributed by atoms with E-state index in [0.29, 0.717) is 11.8 Å². The molecule has 0 aliphatic heterocycles. The molecule has 2 rings (SSSR count). The van der Waals surface area contributed by atoms with Crippen molar-refractivity contribution in [3.8, 4) is 5.75 Å². The predicted molar refractivity (Wildman–Crippen MR) is 75.2 cm³/mol. The Balaban J connectivity index is 2.15. The quantitative estimate of drug-likeness (QED) is 0.876. The number of rotatable bonds is 4. The van der Waals surface area contributed by atoms with Crippen molar-refractivity contribution in [3.63, 3.8) is 0 Å². The molecule has 0 aliphatic carbocycles. The lowest BCUT2D eigenvalue weighted by Crippen LogP contribution is -2.27. The van der Waals surface area contributed by atoms with Crippen LogP contribution in [0.25, 0.3) is 0 Å². The van der Waals surface area contributed by atoms with Gasteiger partial charge in [0, 0.05) is 0 Å². The van der Waals surface area contributed by atoms with E-state index >= 15 is 0 Å². The van der Waals surface area contributed by atoms with Crippen LogP contribution in [0.2, 0.25) is 0 Å². The number of carbonyl (C=O) groups excluding carboxylic acids is 1. The van der Waals surface area contributed by atoms with Crippen LogP contribution in [-0.2, 0) is 0 Å². The molecule has 0 heterocycles. The van der Waals surface area contributed by atoms with Gasteiger partial charge in [-0.05, 0) is 36.8 Å². The van der Waals surface area contributed by atoms with Crippen molar-refractivity contribution in [2.75, 3.05) is 7.11 Å². The molecular formula is C16H14F3NO2. The van der Waals surface area contributed by atoms with Gasteiger partial charge in [0.2, 0.25) is 0 Å². The van der Waals surface area contributed by atoms with Gasteiger partial charge in [-0.3, -0.25) is 4.79 Å². The van der Waals surface area contributed by atoms with Crippen molar-refractivity contribution in [3.05, 3.63) is 65.0 Å². The van der Waals surface area contributed by atoms with Gasteiger partial charge in [0.05, 0.1) is 18.7 Å². The molecule has 0 fully saturated rings. The highest BCUT2D eigenvalue weighted by Gasteiger charge is 2.20. The maximum absolute atomic E-state index is 13.6. The van der Waals surface area contributed by atoms with Crippen LogP contribution in [0.5, 0.6) is 5.75 Å². The first-order valence-corrected chi connectivity index (χ1v) is 6.52. The van der Waals surface area contributed by atoms with Gasteiger partial charge in [0.1, 0.15) is 5.75 Å². The van der Waals surface area contributed by atoms with E-state index in [9.17, 15) is 18.0 Å². The van der Waals surface area contributed by atoms with Gasteiger partial charge in [-0.1, -0.05) is 12.1 Å². The highest BCUT2D eigenvalue weighted by atomic mass is 19.2. The van der Waals surface area contributed by atoms with Crippen molar-refractivity contribution in [2.45, 2.75) is 13.0 Å². The number of halogens is 3. The summed E-state index contributed by atoms with van der Waals surface area (Å²) in [7, 11) is 1.53. The summed E-state index contributed by atoms with van der Waals surface area (Å²) in [6.45, 7) is 1.69. The van der Waals surface area contributed by atoms with E-state index in [-0.39, 0.29) is 0 Å². The number of benzene rings is 2. The third kappa shape index (κ3) is 3.21. The molecule has 0 radical (unpaired) electrons. The average Bonchev–Trinajstić information content (AvgIpc) is 2.52. The second kappa shape index (κ2) is 6.51. The van der Waals surface area contributed by atoms with Gasteiger partial charge in [-0.25, -0.2) is 13.2 Å². The van der Waals surface area contributed by atoms with Crippen LogP contribution in [0.1, 0.15) is 28.9 Å². The third-order valence-electron chi connectivity index (χ3n) is 3.24. The van der Waals surface area contributed by atoms with Crippen molar-refractivity contribution in [1.29, 1.82) is 0 Å². The Morgan fingerprint density at radius 1 is 1.05 bits per heavy atom. The first-order valence-electron chi connectivity index (χ1n) is 6.52. The van der Waals surface area contributed by atoms with Gasteiger partial charge in [-0.15, -0.1) is 0 Å².